The van der Waals surface area contributed by atoms with E-state index in [1.165, 1.54) is 0 Å². The Labute approximate surface area is 254 Å². The second kappa shape index (κ2) is 10.8. The molecule has 11 nitrogen and oxygen atoms in total. The number of aromatic nitrogens is 5. The average Bonchev–Trinajstić information content (AvgIpc) is 3.43. The van der Waals surface area contributed by atoms with Crippen LogP contribution in [-0.2, 0) is 24.5 Å². The molecule has 4 aromatic heterocycles. The molecule has 0 atom stereocenters. The third-order valence-corrected chi connectivity index (χ3v) is 9.03. The van der Waals surface area contributed by atoms with Gasteiger partial charge in [-0.15, -0.1) is 11.3 Å². The lowest BCUT2D eigenvalue weighted by Crippen LogP contribution is -2.28. The van der Waals surface area contributed by atoms with Crippen molar-refractivity contribution in [3.8, 4) is 23.3 Å². The van der Waals surface area contributed by atoms with Crippen LogP contribution in [0.25, 0.3) is 32.2 Å². The maximum atomic E-state index is 17.0. The minimum Gasteiger partial charge on any atom is -0.463 e. The van der Waals surface area contributed by atoms with Crippen LogP contribution < -0.4 is 15.8 Å². The van der Waals surface area contributed by atoms with E-state index >= 15 is 4.39 Å². The predicted molar refractivity (Wildman–Crippen MR) is 161 cm³/mol. The maximum Gasteiger partial charge on any atom is 0.319 e. The highest BCUT2D eigenvalue weighted by Crippen LogP contribution is 2.48. The number of nitriles is 1. The van der Waals surface area contributed by atoms with Gasteiger partial charge in [0.25, 0.3) is 0 Å². The second-order valence-corrected chi connectivity index (χ2v) is 12.5. The summed E-state index contributed by atoms with van der Waals surface area (Å²) in [6.07, 6.45) is 4.62. The molecule has 1 saturated carbocycles. The molecule has 7 rings (SSSR count). The molecule has 44 heavy (non-hydrogen) atoms. The van der Waals surface area contributed by atoms with E-state index in [4.69, 9.17) is 15.2 Å². The summed E-state index contributed by atoms with van der Waals surface area (Å²) in [6, 6.07) is 5.64. The molecule has 14 heteroatoms. The molecule has 0 unspecified atom stereocenters. The molecule has 5 heterocycles. The molecule has 1 aromatic carbocycles. The van der Waals surface area contributed by atoms with E-state index in [0.717, 1.165) is 36.9 Å². The van der Waals surface area contributed by atoms with E-state index in [9.17, 15) is 9.65 Å². The number of ether oxygens (including phenoxy) is 2. The van der Waals surface area contributed by atoms with E-state index in [-0.39, 0.29) is 68.6 Å². The number of nitrogens with zero attached hydrogens (tertiary/aromatic N) is 7. The molecular weight excluding hydrogens is 588 g/mol. The molecule has 0 bridgehead atoms. The largest absolute Gasteiger partial charge is 0.463 e. The van der Waals surface area contributed by atoms with Crippen molar-refractivity contribution in [2.75, 3.05) is 38.3 Å². The zero-order valence-electron chi connectivity index (χ0n) is 23.9. The normalized spacial score (nSPS) is 15.1. The number of anilines is 2. The van der Waals surface area contributed by atoms with Gasteiger partial charge < -0.3 is 25.4 Å². The van der Waals surface area contributed by atoms with Gasteiger partial charge in [-0.05, 0) is 50.2 Å². The molecule has 5 aromatic rings. The summed E-state index contributed by atoms with van der Waals surface area (Å²) in [6.45, 7) is 1.73. The van der Waals surface area contributed by atoms with Gasteiger partial charge in [0, 0.05) is 29.1 Å². The van der Waals surface area contributed by atoms with Gasteiger partial charge in [-0.1, -0.05) is 0 Å². The first kappa shape index (κ1) is 28.2. The lowest BCUT2D eigenvalue weighted by molar-refractivity contribution is 0.135. The number of nitrogens with two attached hydrogens (primary N) is 1. The minimum absolute atomic E-state index is 0.00524. The number of fused-ring (bicyclic) bond motifs is 4. The van der Waals surface area contributed by atoms with Gasteiger partial charge in [0.15, 0.2) is 11.6 Å². The fourth-order valence-corrected chi connectivity index (χ4v) is 6.77. The Morgan fingerprint density at radius 3 is 2.75 bits per heavy atom. The highest BCUT2D eigenvalue weighted by molar-refractivity contribution is 7.23. The summed E-state index contributed by atoms with van der Waals surface area (Å²) >= 11 is 0.926. The molecule has 0 saturated heterocycles. The second-order valence-electron chi connectivity index (χ2n) is 11.4. The molecule has 1 aliphatic carbocycles. The van der Waals surface area contributed by atoms with E-state index in [2.05, 4.69) is 35.4 Å². The van der Waals surface area contributed by atoms with Crippen LogP contribution in [0.3, 0.4) is 0 Å². The molecule has 1 aliphatic heterocycles. The van der Waals surface area contributed by atoms with Crippen molar-refractivity contribution in [2.24, 2.45) is 5.41 Å². The summed E-state index contributed by atoms with van der Waals surface area (Å²) in [5.41, 5.74) is 8.13. The van der Waals surface area contributed by atoms with Crippen molar-refractivity contribution in [1.82, 2.24) is 30.0 Å². The predicted octanol–water partition coefficient (Wildman–Crippen LogP) is 4.79. The lowest BCUT2D eigenvalue weighted by Gasteiger charge is -2.21. The van der Waals surface area contributed by atoms with Crippen LogP contribution in [0.1, 0.15) is 35.2 Å². The number of nitrogens with one attached hydrogen (secondary N) is 1. The van der Waals surface area contributed by atoms with Crippen LogP contribution in [0.15, 0.2) is 24.5 Å². The number of thiophene rings is 1. The number of nitrogen functional groups attached to an aromatic ring is 1. The van der Waals surface area contributed by atoms with Gasteiger partial charge in [-0.2, -0.15) is 25.4 Å². The molecule has 224 valence electrons. The fourth-order valence-electron chi connectivity index (χ4n) is 5.85. The number of hydrogen-bond donors (Lipinski definition) is 2. The highest BCUT2D eigenvalue weighted by Gasteiger charge is 2.44. The van der Waals surface area contributed by atoms with Crippen LogP contribution in [-0.4, -0.2) is 57.3 Å². The molecule has 0 spiro atoms. The first-order chi connectivity index (χ1) is 21.3. The summed E-state index contributed by atoms with van der Waals surface area (Å²) in [5.74, 6) is -0.992. The van der Waals surface area contributed by atoms with Crippen molar-refractivity contribution in [3.05, 3.63) is 58.5 Å². The molecule has 2 aliphatic rings. The minimum atomic E-state index is -0.706. The Balaban J connectivity index is 1.42. The fraction of sp³-hybridized carbons (Fsp3) is 0.333. The number of benzene rings is 1. The van der Waals surface area contributed by atoms with Gasteiger partial charge in [-0.3, -0.25) is 4.98 Å². The lowest BCUT2D eigenvalue weighted by atomic mass is 9.93. The Bertz CT molecular complexity index is 1970. The van der Waals surface area contributed by atoms with Crippen LogP contribution in [0, 0.1) is 28.4 Å². The quantitative estimate of drug-likeness (QED) is 0.236. The monoisotopic (exact) mass is 615 g/mol. The van der Waals surface area contributed by atoms with Crippen LogP contribution >= 0.6 is 11.3 Å². The Kier molecular flexibility index (Phi) is 6.95. The number of halogens is 2. The van der Waals surface area contributed by atoms with E-state index < -0.39 is 11.6 Å². The summed E-state index contributed by atoms with van der Waals surface area (Å²) < 4.78 is 43.9. The third kappa shape index (κ3) is 4.83. The zero-order valence-corrected chi connectivity index (χ0v) is 24.8. The molecule has 1 fully saturated rings. The van der Waals surface area contributed by atoms with Crippen molar-refractivity contribution in [3.63, 3.8) is 0 Å². The van der Waals surface area contributed by atoms with Crippen LogP contribution in [0.5, 0.6) is 6.01 Å². The number of hydrogen-bond acceptors (Lipinski definition) is 12. The highest BCUT2D eigenvalue weighted by atomic mass is 32.1. The van der Waals surface area contributed by atoms with E-state index in [1.807, 2.05) is 26.2 Å². The maximum absolute atomic E-state index is 17.0. The zero-order chi connectivity index (χ0) is 30.6. The smallest absolute Gasteiger partial charge is 0.319 e. The summed E-state index contributed by atoms with van der Waals surface area (Å²) in [4.78, 5) is 15.7. The standard InChI is InChI=1S/C30H27F2N9O2S/c1-41(2)13-30(5-6-30)14-43-29-38-25-22(28(39-29)36-9-15-4-3-7-37-40-15)18-12-42-11-17(18)20(23(25)32)24-21-16(8-33)27(34)44-26(21)19(31)10-35-24/h3-4,7,10H,5-6,9,11-14,34H2,1-2H3,(H,36,38,39). The molecule has 0 radical (unpaired) electrons. The van der Waals surface area contributed by atoms with Crippen molar-refractivity contribution < 1.29 is 18.3 Å². The topological polar surface area (TPSA) is 148 Å². The van der Waals surface area contributed by atoms with Gasteiger partial charge in [0.05, 0.1) is 59.6 Å². The number of pyridine rings is 1. The van der Waals surface area contributed by atoms with Crippen LogP contribution in [0.4, 0.5) is 19.6 Å². The van der Waals surface area contributed by atoms with Crippen molar-refractivity contribution in [2.45, 2.75) is 32.6 Å². The Morgan fingerprint density at radius 2 is 2.02 bits per heavy atom. The SMILES string of the molecule is CN(C)CC1(COc2nc(NCc3cccnn3)c3c4c(c(-c5ncc(F)c6sc(N)c(C#N)c56)c(F)c3n2)COC4)CC1. The van der Waals surface area contributed by atoms with Gasteiger partial charge in [0.2, 0.25) is 0 Å². The van der Waals surface area contributed by atoms with Crippen molar-refractivity contribution >= 4 is 43.1 Å². The summed E-state index contributed by atoms with van der Waals surface area (Å²) in [5, 5.41) is 21.9. The Morgan fingerprint density at radius 1 is 1.20 bits per heavy atom. The van der Waals surface area contributed by atoms with E-state index in [1.54, 1.807) is 12.3 Å². The average molecular weight is 616 g/mol. The Hall–Kier alpha value is -4.58. The van der Waals surface area contributed by atoms with Crippen LogP contribution in [0.2, 0.25) is 0 Å². The third-order valence-electron chi connectivity index (χ3n) is 8.00. The van der Waals surface area contributed by atoms with Gasteiger partial charge in [-0.25, -0.2) is 8.78 Å². The van der Waals surface area contributed by atoms with Crippen molar-refractivity contribution in [1.29, 1.82) is 5.26 Å². The number of rotatable bonds is 9. The first-order valence-electron chi connectivity index (χ1n) is 14.0. The summed E-state index contributed by atoms with van der Waals surface area (Å²) in [7, 11) is 4.03. The molecular formula is C30H27F2N9O2S. The van der Waals surface area contributed by atoms with E-state index in [0.29, 0.717) is 34.6 Å². The van der Waals surface area contributed by atoms with Gasteiger partial charge in [0.1, 0.15) is 22.4 Å². The first-order valence-corrected chi connectivity index (χ1v) is 14.8. The molecule has 0 amide bonds. The molecule has 3 N–H and O–H groups in total. The van der Waals surface area contributed by atoms with Gasteiger partial charge >= 0.3 is 6.01 Å².